The van der Waals surface area contributed by atoms with Gasteiger partial charge in [-0.3, -0.25) is 9.78 Å². The van der Waals surface area contributed by atoms with Crippen molar-refractivity contribution < 1.29 is 24.5 Å². The summed E-state index contributed by atoms with van der Waals surface area (Å²) in [4.78, 5) is 26.2. The van der Waals surface area contributed by atoms with Gasteiger partial charge in [0.2, 0.25) is 0 Å². The quantitative estimate of drug-likeness (QED) is 0.754. The molecule has 0 bridgehead atoms. The first kappa shape index (κ1) is 16.6. The van der Waals surface area contributed by atoms with Crippen LogP contribution in [0.3, 0.4) is 0 Å². The number of aliphatic hydroxyl groups is 2. The Morgan fingerprint density at radius 1 is 1.45 bits per heavy atom. The standard InChI is InChI=1S/C13H17NO5S/c1-8(15)20-6-4-11(16)12(17)10-7-14-5-3-9(10)13(18)19-2/h3,5,7,11-12,16-17H,4,6H2,1-2H3. The van der Waals surface area contributed by atoms with Gasteiger partial charge in [0.25, 0.3) is 0 Å². The molecular formula is C13H17NO5S. The Morgan fingerprint density at radius 2 is 2.15 bits per heavy atom. The summed E-state index contributed by atoms with van der Waals surface area (Å²) < 4.78 is 4.61. The minimum atomic E-state index is -1.26. The summed E-state index contributed by atoms with van der Waals surface area (Å²) >= 11 is 1.07. The Labute approximate surface area is 121 Å². The molecule has 0 saturated heterocycles. The van der Waals surface area contributed by atoms with E-state index in [2.05, 4.69) is 9.72 Å². The van der Waals surface area contributed by atoms with Gasteiger partial charge in [-0.05, 0) is 12.5 Å². The van der Waals surface area contributed by atoms with Gasteiger partial charge in [0.1, 0.15) is 6.10 Å². The predicted octanol–water partition coefficient (Wildman–Crippen LogP) is 0.932. The van der Waals surface area contributed by atoms with Gasteiger partial charge < -0.3 is 14.9 Å². The Hall–Kier alpha value is -1.44. The second-order valence-corrected chi connectivity index (χ2v) is 5.37. The van der Waals surface area contributed by atoms with Crippen LogP contribution in [0.1, 0.15) is 35.4 Å². The zero-order valence-corrected chi connectivity index (χ0v) is 12.1. The first-order valence-corrected chi connectivity index (χ1v) is 6.97. The van der Waals surface area contributed by atoms with Gasteiger partial charge in [0.05, 0.1) is 18.8 Å². The molecule has 0 amide bonds. The van der Waals surface area contributed by atoms with Crippen molar-refractivity contribution in [3.8, 4) is 0 Å². The number of aliphatic hydroxyl groups excluding tert-OH is 2. The van der Waals surface area contributed by atoms with Gasteiger partial charge in [-0.2, -0.15) is 0 Å². The number of ether oxygens (including phenoxy) is 1. The highest BCUT2D eigenvalue weighted by atomic mass is 32.2. The number of methoxy groups -OCH3 is 1. The van der Waals surface area contributed by atoms with Gasteiger partial charge in [-0.15, -0.1) is 0 Å². The minimum absolute atomic E-state index is 0.0525. The Balaban J connectivity index is 2.78. The maximum atomic E-state index is 11.6. The van der Waals surface area contributed by atoms with Crippen LogP contribution in [0.15, 0.2) is 18.5 Å². The fourth-order valence-corrected chi connectivity index (χ4v) is 2.27. The summed E-state index contributed by atoms with van der Waals surface area (Å²) in [5.41, 5.74) is 0.368. The van der Waals surface area contributed by atoms with E-state index in [1.165, 1.54) is 32.5 Å². The zero-order chi connectivity index (χ0) is 15.1. The number of nitrogens with zero attached hydrogens (tertiary/aromatic N) is 1. The second-order valence-electron chi connectivity index (χ2n) is 4.10. The van der Waals surface area contributed by atoms with Gasteiger partial charge >= 0.3 is 5.97 Å². The van der Waals surface area contributed by atoms with Crippen LogP contribution in [-0.2, 0) is 9.53 Å². The number of thioether (sulfide) groups is 1. The monoisotopic (exact) mass is 299 g/mol. The third-order valence-electron chi connectivity index (χ3n) is 2.66. The van der Waals surface area contributed by atoms with E-state index in [1.807, 2.05) is 0 Å². The molecule has 0 fully saturated rings. The lowest BCUT2D eigenvalue weighted by molar-refractivity contribution is -0.109. The van der Waals surface area contributed by atoms with Crippen molar-refractivity contribution in [2.75, 3.05) is 12.9 Å². The molecule has 2 unspecified atom stereocenters. The van der Waals surface area contributed by atoms with Crippen LogP contribution >= 0.6 is 11.8 Å². The van der Waals surface area contributed by atoms with Crippen LogP contribution in [0.5, 0.6) is 0 Å². The van der Waals surface area contributed by atoms with E-state index in [1.54, 1.807) is 0 Å². The van der Waals surface area contributed by atoms with Crippen LogP contribution in [0.4, 0.5) is 0 Å². The van der Waals surface area contributed by atoms with Crippen LogP contribution in [0.25, 0.3) is 0 Å². The average Bonchev–Trinajstić information content (AvgIpc) is 2.45. The molecular weight excluding hydrogens is 282 g/mol. The highest BCUT2D eigenvalue weighted by Gasteiger charge is 2.24. The van der Waals surface area contributed by atoms with Crippen molar-refractivity contribution in [3.05, 3.63) is 29.6 Å². The molecule has 1 aromatic rings. The number of carbonyl (C=O) groups is 2. The van der Waals surface area contributed by atoms with Crippen LogP contribution in [0, 0.1) is 0 Å². The number of aromatic nitrogens is 1. The van der Waals surface area contributed by atoms with E-state index < -0.39 is 18.2 Å². The minimum Gasteiger partial charge on any atom is -0.465 e. The van der Waals surface area contributed by atoms with Crippen molar-refractivity contribution in [1.82, 2.24) is 4.98 Å². The Bertz CT molecular complexity index is 480. The molecule has 6 nitrogen and oxygen atoms in total. The summed E-state index contributed by atoms with van der Waals surface area (Å²) in [5.74, 6) is -0.215. The fourth-order valence-electron chi connectivity index (χ4n) is 1.63. The molecule has 110 valence electrons. The normalized spacial score (nSPS) is 13.6. The number of carbonyl (C=O) groups excluding carboxylic acids is 2. The van der Waals surface area contributed by atoms with Gasteiger partial charge in [-0.25, -0.2) is 4.79 Å². The maximum Gasteiger partial charge on any atom is 0.338 e. The van der Waals surface area contributed by atoms with Crippen molar-refractivity contribution in [3.63, 3.8) is 0 Å². The molecule has 2 atom stereocenters. The maximum absolute atomic E-state index is 11.6. The molecule has 0 saturated carbocycles. The molecule has 0 spiro atoms. The first-order chi connectivity index (χ1) is 9.47. The molecule has 1 heterocycles. The summed E-state index contributed by atoms with van der Waals surface area (Å²) in [6.07, 6.45) is 0.597. The fraction of sp³-hybridized carbons (Fsp3) is 0.462. The highest BCUT2D eigenvalue weighted by Crippen LogP contribution is 2.23. The van der Waals surface area contributed by atoms with E-state index in [4.69, 9.17) is 0 Å². The van der Waals surface area contributed by atoms with Crippen LogP contribution < -0.4 is 0 Å². The smallest absolute Gasteiger partial charge is 0.338 e. The van der Waals surface area contributed by atoms with Gasteiger partial charge in [0.15, 0.2) is 5.12 Å². The third-order valence-corrected chi connectivity index (χ3v) is 3.51. The Kier molecular flexibility index (Phi) is 6.63. The lowest BCUT2D eigenvalue weighted by Crippen LogP contribution is -2.22. The molecule has 1 rings (SSSR count). The lowest BCUT2D eigenvalue weighted by Gasteiger charge is -2.19. The van der Waals surface area contributed by atoms with Crippen molar-refractivity contribution in [2.45, 2.75) is 25.6 Å². The molecule has 2 N–H and O–H groups in total. The molecule has 0 aliphatic rings. The summed E-state index contributed by atoms with van der Waals surface area (Å²) in [6, 6.07) is 1.42. The molecule has 0 radical (unpaired) electrons. The van der Waals surface area contributed by atoms with Crippen molar-refractivity contribution in [2.24, 2.45) is 0 Å². The van der Waals surface area contributed by atoms with E-state index in [-0.39, 0.29) is 22.7 Å². The molecule has 7 heteroatoms. The summed E-state index contributed by atoms with van der Waals surface area (Å²) in [5, 5.41) is 19.9. The molecule has 20 heavy (non-hydrogen) atoms. The molecule has 0 aliphatic heterocycles. The SMILES string of the molecule is COC(=O)c1ccncc1C(O)C(O)CCSC(C)=O. The van der Waals surface area contributed by atoms with E-state index in [0.29, 0.717) is 5.75 Å². The molecule has 0 aliphatic carbocycles. The third kappa shape index (κ3) is 4.59. The number of hydrogen-bond donors (Lipinski definition) is 2. The number of pyridine rings is 1. The second kappa shape index (κ2) is 7.98. The average molecular weight is 299 g/mol. The van der Waals surface area contributed by atoms with E-state index in [9.17, 15) is 19.8 Å². The highest BCUT2D eigenvalue weighted by molar-refractivity contribution is 8.13. The lowest BCUT2D eigenvalue weighted by atomic mass is 9.99. The molecule has 0 aromatic carbocycles. The summed E-state index contributed by atoms with van der Waals surface area (Å²) in [7, 11) is 1.23. The van der Waals surface area contributed by atoms with Crippen molar-refractivity contribution in [1.29, 1.82) is 0 Å². The van der Waals surface area contributed by atoms with Crippen LogP contribution in [0.2, 0.25) is 0 Å². The number of hydrogen-bond acceptors (Lipinski definition) is 7. The molecule has 1 aromatic heterocycles. The van der Waals surface area contributed by atoms with Gasteiger partial charge in [-0.1, -0.05) is 11.8 Å². The summed E-state index contributed by atoms with van der Waals surface area (Å²) in [6.45, 7) is 1.43. The first-order valence-electron chi connectivity index (χ1n) is 5.99. The zero-order valence-electron chi connectivity index (χ0n) is 11.3. The predicted molar refractivity (Wildman–Crippen MR) is 74.3 cm³/mol. The van der Waals surface area contributed by atoms with Crippen LogP contribution in [-0.4, -0.2) is 45.2 Å². The largest absolute Gasteiger partial charge is 0.465 e. The number of rotatable bonds is 6. The van der Waals surface area contributed by atoms with Crippen molar-refractivity contribution >= 4 is 22.8 Å². The topological polar surface area (TPSA) is 96.7 Å². The number of esters is 1. The Morgan fingerprint density at radius 3 is 2.75 bits per heavy atom. The van der Waals surface area contributed by atoms with Gasteiger partial charge in [0, 0.05) is 30.6 Å². The van der Waals surface area contributed by atoms with E-state index >= 15 is 0 Å². The van der Waals surface area contributed by atoms with E-state index in [0.717, 1.165) is 11.8 Å².